The molecule has 114 valence electrons. The zero-order valence-electron chi connectivity index (χ0n) is 13.0. The summed E-state index contributed by atoms with van der Waals surface area (Å²) in [5.41, 5.74) is 8.73. The van der Waals surface area contributed by atoms with Gasteiger partial charge in [-0.2, -0.15) is 0 Å². The first-order valence-corrected chi connectivity index (χ1v) is 18.4. The van der Waals surface area contributed by atoms with Gasteiger partial charge < -0.3 is 4.89 Å². The fraction of sp³-hybridized carbons (Fsp3) is 0.571. The van der Waals surface area contributed by atoms with Crippen molar-refractivity contribution in [3.05, 3.63) is 33.4 Å². The van der Waals surface area contributed by atoms with Gasteiger partial charge in [0.25, 0.3) is 0 Å². The fourth-order valence-corrected chi connectivity index (χ4v) is 1.69. The number of hydrogen-bond donors (Lipinski definition) is 1. The number of rotatable bonds is 0. The van der Waals surface area contributed by atoms with Crippen LogP contribution < -0.4 is 0 Å². The Morgan fingerprint density at radius 2 is 0.737 bits per heavy atom. The van der Waals surface area contributed by atoms with Gasteiger partial charge in [0, 0.05) is 8.15 Å². The Morgan fingerprint density at radius 1 is 0.684 bits per heavy atom. The molecule has 0 saturated heterocycles. The summed E-state index contributed by atoms with van der Waals surface area (Å²) < 4.78 is 0. The van der Waals surface area contributed by atoms with E-state index in [4.69, 9.17) is 4.89 Å². The van der Waals surface area contributed by atoms with Gasteiger partial charge in [-0.25, -0.2) is 0 Å². The van der Waals surface area contributed by atoms with Crippen LogP contribution in [0.4, 0.5) is 0 Å². The standard InChI is InChI=1S/C12H18.C2H7OP.2HI.Ru/c1-7-8(2)10(4)12(6)11(5)9(7)3;1-4(2)3;;;/h1-6H3;3H,1-2H3;2*1H;/q;;;;+2/p-2. The van der Waals surface area contributed by atoms with E-state index in [1.807, 2.05) is 0 Å². The molecule has 1 aromatic carbocycles. The molecule has 0 heterocycles. The third-order valence-corrected chi connectivity index (χ3v) is 3.38. The van der Waals surface area contributed by atoms with Crippen molar-refractivity contribution in [1.29, 1.82) is 0 Å². The molecule has 1 nitrogen and oxygen atoms in total. The predicted octanol–water partition coefficient (Wildman–Crippen LogP) is 5.94. The van der Waals surface area contributed by atoms with Crippen molar-refractivity contribution in [3.63, 3.8) is 0 Å². The van der Waals surface area contributed by atoms with Crippen LogP contribution in [0.3, 0.4) is 0 Å². The van der Waals surface area contributed by atoms with E-state index in [0.29, 0.717) is 10.1 Å². The second-order valence-electron chi connectivity index (χ2n) is 4.65. The Hall–Kier alpha value is 1.69. The van der Waals surface area contributed by atoms with Gasteiger partial charge in [-0.05, 0) is 88.3 Å². The summed E-state index contributed by atoms with van der Waals surface area (Å²) in [7, 11) is 0.0296. The van der Waals surface area contributed by atoms with Crippen molar-refractivity contribution >= 4 is 47.6 Å². The van der Waals surface area contributed by atoms with E-state index in [1.54, 1.807) is 13.3 Å². The summed E-state index contributed by atoms with van der Waals surface area (Å²) in [4.78, 5) is 8.12. The molecule has 0 radical (unpaired) electrons. The number of halogens is 2. The van der Waals surface area contributed by atoms with Crippen LogP contribution in [0.1, 0.15) is 33.4 Å². The Kier molecular flexibility index (Phi) is 14.8. The molecule has 0 bridgehead atoms. The molecule has 0 aromatic heterocycles. The van der Waals surface area contributed by atoms with Gasteiger partial charge >= 0.3 is 49.6 Å². The quantitative estimate of drug-likeness (QED) is 0.224. The molecule has 0 aliphatic carbocycles. The van der Waals surface area contributed by atoms with Crippen molar-refractivity contribution in [3.8, 4) is 0 Å². The fourth-order valence-electron chi connectivity index (χ4n) is 1.69. The Balaban J connectivity index is 0. The molecule has 0 saturated carbocycles. The molecule has 5 heteroatoms. The predicted molar refractivity (Wildman–Crippen MR) is 104 cm³/mol. The Morgan fingerprint density at radius 3 is 0.789 bits per heavy atom. The molecule has 0 fully saturated rings. The minimum absolute atomic E-state index is 0.620. The number of benzene rings is 1. The molecule has 0 aliphatic rings. The SMILES string of the molecule is CP(C)O.Cc1c(C)c(C)c(C)c(C)c1C.[I][Ru][I]. The minimum atomic E-state index is -0.620. The first kappa shape index (κ1) is 23.0. The molecule has 0 aliphatic heterocycles. The molecule has 0 atom stereocenters. The van der Waals surface area contributed by atoms with Crippen molar-refractivity contribution in [1.82, 2.24) is 0 Å². The van der Waals surface area contributed by atoms with Crippen LogP contribution in [0, 0.1) is 41.5 Å². The third kappa shape index (κ3) is 9.34. The molecule has 1 aromatic rings. The van der Waals surface area contributed by atoms with E-state index < -0.39 is 8.15 Å². The van der Waals surface area contributed by atoms with E-state index in [0.717, 1.165) is 0 Å². The normalized spacial score (nSPS) is 9.68. The van der Waals surface area contributed by atoms with Crippen LogP contribution >= 0.6 is 47.6 Å². The first-order valence-electron chi connectivity index (χ1n) is 5.86. The van der Waals surface area contributed by atoms with Gasteiger partial charge in [0.15, 0.2) is 0 Å². The third-order valence-electron chi connectivity index (χ3n) is 3.38. The van der Waals surface area contributed by atoms with Crippen LogP contribution in [-0.4, -0.2) is 18.2 Å². The van der Waals surface area contributed by atoms with Crippen molar-refractivity contribution in [2.75, 3.05) is 13.3 Å². The molecule has 0 amide bonds. The van der Waals surface area contributed by atoms with Crippen LogP contribution in [0.5, 0.6) is 0 Å². The molecule has 0 spiro atoms. The summed E-state index contributed by atoms with van der Waals surface area (Å²) >= 11 is 4.73. The molecular formula is C14H25I2OPRu. The van der Waals surface area contributed by atoms with Gasteiger partial charge in [-0.15, -0.1) is 0 Å². The molecule has 0 unspecified atom stereocenters. The average molecular weight is 595 g/mol. The molecule has 1 rings (SSSR count). The van der Waals surface area contributed by atoms with E-state index in [1.165, 1.54) is 33.4 Å². The molecular weight excluding hydrogens is 570 g/mol. The summed E-state index contributed by atoms with van der Waals surface area (Å²) in [5.74, 6) is 0. The first-order chi connectivity index (χ1) is 8.61. The van der Waals surface area contributed by atoms with E-state index >= 15 is 0 Å². The van der Waals surface area contributed by atoms with Gasteiger partial charge in [0.2, 0.25) is 0 Å². The second kappa shape index (κ2) is 12.3. The van der Waals surface area contributed by atoms with Gasteiger partial charge in [0.05, 0.1) is 0 Å². The summed E-state index contributed by atoms with van der Waals surface area (Å²) in [6.45, 7) is 16.8. The maximum atomic E-state index is 8.12. The van der Waals surface area contributed by atoms with Gasteiger partial charge in [0.1, 0.15) is 0 Å². The van der Waals surface area contributed by atoms with E-state index in [-0.39, 0.29) is 0 Å². The van der Waals surface area contributed by atoms with Crippen LogP contribution in [0.2, 0.25) is 0 Å². The zero-order chi connectivity index (χ0) is 15.7. The Bertz CT molecular complexity index is 288. The molecule has 1 N–H and O–H groups in total. The van der Waals surface area contributed by atoms with Gasteiger partial charge in [-0.1, -0.05) is 0 Å². The molecule has 19 heavy (non-hydrogen) atoms. The summed E-state index contributed by atoms with van der Waals surface area (Å²) in [6.07, 6.45) is 0. The van der Waals surface area contributed by atoms with Crippen LogP contribution in [0.25, 0.3) is 0 Å². The van der Waals surface area contributed by atoms with E-state index in [9.17, 15) is 0 Å². The summed E-state index contributed by atoms with van der Waals surface area (Å²) in [5, 5.41) is 0. The van der Waals surface area contributed by atoms with Crippen LogP contribution in [-0.2, 0) is 10.1 Å². The second-order valence-corrected chi connectivity index (χ2v) is 19.7. The Labute approximate surface area is 149 Å². The van der Waals surface area contributed by atoms with Crippen molar-refractivity contribution in [2.45, 2.75) is 41.5 Å². The van der Waals surface area contributed by atoms with Crippen molar-refractivity contribution in [2.24, 2.45) is 0 Å². The topological polar surface area (TPSA) is 20.2 Å². The summed E-state index contributed by atoms with van der Waals surface area (Å²) in [6, 6.07) is 0. The van der Waals surface area contributed by atoms with Crippen LogP contribution in [0.15, 0.2) is 0 Å². The monoisotopic (exact) mass is 596 g/mol. The van der Waals surface area contributed by atoms with E-state index in [2.05, 4.69) is 81.0 Å². The van der Waals surface area contributed by atoms with Crippen molar-refractivity contribution < 1.29 is 15.0 Å². The zero-order valence-corrected chi connectivity index (χ0v) is 20.0. The maximum absolute atomic E-state index is 8.12. The number of hydrogen-bond acceptors (Lipinski definition) is 1. The average Bonchev–Trinajstić information content (AvgIpc) is 2.32. The van der Waals surface area contributed by atoms with Gasteiger partial charge in [-0.3, -0.25) is 0 Å².